The molecule has 0 radical (unpaired) electrons. The van der Waals surface area contributed by atoms with Crippen LogP contribution in [0.3, 0.4) is 0 Å². The Bertz CT molecular complexity index is 704. The number of hydrogen-bond donors (Lipinski definition) is 1. The summed E-state index contributed by atoms with van der Waals surface area (Å²) in [6.07, 6.45) is -0.318. The Kier molecular flexibility index (Phi) is 4.71. The second-order valence-electron chi connectivity index (χ2n) is 5.01. The first-order valence-electron chi connectivity index (χ1n) is 7.36. The first-order chi connectivity index (χ1) is 11.2. The normalized spacial score (nSPS) is 16.2. The van der Waals surface area contributed by atoms with Gasteiger partial charge in [0.05, 0.1) is 5.75 Å². The molecule has 1 amide bonds. The predicted octanol–water partition coefficient (Wildman–Crippen LogP) is 1.56. The Hall–Kier alpha value is -2.22. The molecule has 1 N–H and O–H groups in total. The Balaban J connectivity index is 1.69. The zero-order chi connectivity index (χ0) is 16.2. The van der Waals surface area contributed by atoms with E-state index < -0.39 is 0 Å². The van der Waals surface area contributed by atoms with Crippen LogP contribution in [-0.2, 0) is 11.8 Å². The van der Waals surface area contributed by atoms with Gasteiger partial charge in [-0.25, -0.2) is 0 Å². The molecule has 1 aliphatic heterocycles. The average molecular weight is 334 g/mol. The van der Waals surface area contributed by atoms with Crippen LogP contribution < -0.4 is 14.8 Å². The van der Waals surface area contributed by atoms with Crippen molar-refractivity contribution in [1.82, 2.24) is 20.1 Å². The van der Waals surface area contributed by atoms with Crippen molar-refractivity contribution in [2.75, 3.05) is 18.9 Å². The molecule has 1 aromatic carbocycles. The highest BCUT2D eigenvalue weighted by Crippen LogP contribution is 2.35. The summed E-state index contributed by atoms with van der Waals surface area (Å²) in [4.78, 5) is 11.5. The van der Waals surface area contributed by atoms with E-state index in [-0.39, 0.29) is 12.0 Å². The number of carbonyl (C=O) groups excluding carboxylic acids is 1. The zero-order valence-electron chi connectivity index (χ0n) is 13.0. The molecule has 2 aromatic rings. The predicted molar refractivity (Wildman–Crippen MR) is 85.7 cm³/mol. The largest absolute Gasteiger partial charge is 0.485 e. The molecule has 0 saturated heterocycles. The van der Waals surface area contributed by atoms with E-state index in [1.54, 1.807) is 0 Å². The van der Waals surface area contributed by atoms with Gasteiger partial charge in [0.2, 0.25) is 5.91 Å². The summed E-state index contributed by atoms with van der Waals surface area (Å²) in [6, 6.07) is 7.54. The van der Waals surface area contributed by atoms with Gasteiger partial charge in [0, 0.05) is 13.6 Å². The van der Waals surface area contributed by atoms with Crippen molar-refractivity contribution < 1.29 is 14.3 Å². The molecular formula is C15H18N4O3S. The number of thioether (sulfide) groups is 1. The van der Waals surface area contributed by atoms with Gasteiger partial charge in [-0.15, -0.1) is 10.2 Å². The number of benzene rings is 1. The summed E-state index contributed by atoms with van der Waals surface area (Å²) in [5.74, 6) is 2.40. The maximum Gasteiger partial charge on any atom is 0.230 e. The monoisotopic (exact) mass is 334 g/mol. The van der Waals surface area contributed by atoms with Crippen molar-refractivity contribution in [3.05, 3.63) is 30.1 Å². The highest BCUT2D eigenvalue weighted by atomic mass is 32.2. The van der Waals surface area contributed by atoms with Crippen LogP contribution in [0.5, 0.6) is 11.5 Å². The van der Waals surface area contributed by atoms with Gasteiger partial charge >= 0.3 is 0 Å². The zero-order valence-corrected chi connectivity index (χ0v) is 13.8. The fourth-order valence-electron chi connectivity index (χ4n) is 2.26. The molecule has 1 aliphatic rings. The molecule has 0 fully saturated rings. The van der Waals surface area contributed by atoms with Gasteiger partial charge in [-0.05, 0) is 19.1 Å². The molecule has 1 atom stereocenters. The molecule has 2 heterocycles. The third-order valence-corrected chi connectivity index (χ3v) is 4.39. The van der Waals surface area contributed by atoms with Crippen LogP contribution in [0, 0.1) is 0 Å². The van der Waals surface area contributed by atoms with Gasteiger partial charge in [0.15, 0.2) is 28.6 Å². The van der Waals surface area contributed by atoms with Gasteiger partial charge in [-0.2, -0.15) is 0 Å². The molecular weight excluding hydrogens is 316 g/mol. The molecule has 1 aromatic heterocycles. The third kappa shape index (κ3) is 3.42. The highest BCUT2D eigenvalue weighted by molar-refractivity contribution is 7.99. The molecule has 0 saturated carbocycles. The molecule has 7 nitrogen and oxygen atoms in total. The summed E-state index contributed by atoms with van der Waals surface area (Å²) in [7, 11) is 1.86. The van der Waals surface area contributed by atoms with Crippen molar-refractivity contribution in [3.63, 3.8) is 0 Å². The third-order valence-electron chi connectivity index (χ3n) is 3.37. The number of nitrogens with one attached hydrogen (secondary N) is 1. The number of para-hydroxylation sites is 2. The lowest BCUT2D eigenvalue weighted by Crippen LogP contribution is -2.25. The summed E-state index contributed by atoms with van der Waals surface area (Å²) in [5.41, 5.74) is 0. The second kappa shape index (κ2) is 6.91. The lowest BCUT2D eigenvalue weighted by atomic mass is 10.2. The highest BCUT2D eigenvalue weighted by Gasteiger charge is 2.27. The summed E-state index contributed by atoms with van der Waals surface area (Å²) in [6.45, 7) is 2.89. The Labute approximate surface area is 138 Å². The van der Waals surface area contributed by atoms with Crippen molar-refractivity contribution in [2.45, 2.75) is 18.2 Å². The number of carbonyl (C=O) groups is 1. The van der Waals surface area contributed by atoms with E-state index in [0.717, 1.165) is 5.75 Å². The van der Waals surface area contributed by atoms with Crippen LogP contribution in [0.4, 0.5) is 0 Å². The van der Waals surface area contributed by atoms with Crippen LogP contribution in [0.1, 0.15) is 18.9 Å². The summed E-state index contributed by atoms with van der Waals surface area (Å²) < 4.78 is 13.5. The second-order valence-corrected chi connectivity index (χ2v) is 5.95. The minimum absolute atomic E-state index is 0.0202. The van der Waals surface area contributed by atoms with Gasteiger partial charge in [-0.1, -0.05) is 23.9 Å². The van der Waals surface area contributed by atoms with Gasteiger partial charge in [0.25, 0.3) is 0 Å². The Morgan fingerprint density at radius 2 is 2.17 bits per heavy atom. The van der Waals surface area contributed by atoms with E-state index in [1.165, 1.54) is 11.8 Å². The minimum atomic E-state index is -0.318. The van der Waals surface area contributed by atoms with E-state index in [4.69, 9.17) is 9.47 Å². The standard InChI is InChI=1S/C15H18N4O3S/c1-3-16-13(20)9-23-15-18-17-14(19(15)2)12-8-21-10-6-4-5-7-11(10)22-12/h4-7,12H,3,8-9H2,1-2H3,(H,16,20). The number of aromatic nitrogens is 3. The molecule has 0 bridgehead atoms. The Morgan fingerprint density at radius 3 is 2.96 bits per heavy atom. The smallest absolute Gasteiger partial charge is 0.230 e. The fraction of sp³-hybridized carbons (Fsp3) is 0.400. The molecule has 3 rings (SSSR count). The van der Waals surface area contributed by atoms with Crippen LogP contribution in [-0.4, -0.2) is 39.6 Å². The minimum Gasteiger partial charge on any atom is -0.485 e. The first-order valence-corrected chi connectivity index (χ1v) is 8.35. The van der Waals surface area contributed by atoms with Crippen LogP contribution in [0.25, 0.3) is 0 Å². The van der Waals surface area contributed by atoms with Crippen molar-refractivity contribution in [1.29, 1.82) is 0 Å². The fourth-order valence-corrected chi connectivity index (χ4v) is 3.01. The van der Waals surface area contributed by atoms with E-state index in [1.807, 2.05) is 42.8 Å². The van der Waals surface area contributed by atoms with Crippen molar-refractivity contribution >= 4 is 17.7 Å². The number of ether oxygens (including phenoxy) is 2. The summed E-state index contributed by atoms with van der Waals surface area (Å²) >= 11 is 1.35. The molecule has 1 unspecified atom stereocenters. The number of amides is 1. The van der Waals surface area contributed by atoms with Crippen molar-refractivity contribution in [2.24, 2.45) is 7.05 Å². The maximum atomic E-state index is 11.5. The first kappa shape index (κ1) is 15.7. The Morgan fingerprint density at radius 1 is 1.39 bits per heavy atom. The van der Waals surface area contributed by atoms with Crippen molar-refractivity contribution in [3.8, 4) is 11.5 Å². The van der Waals surface area contributed by atoms with Crippen LogP contribution in [0.2, 0.25) is 0 Å². The number of rotatable bonds is 5. The van der Waals surface area contributed by atoms with E-state index in [9.17, 15) is 4.79 Å². The van der Waals surface area contributed by atoms with E-state index in [2.05, 4.69) is 15.5 Å². The lowest BCUT2D eigenvalue weighted by Gasteiger charge is -2.25. The SMILES string of the molecule is CCNC(=O)CSc1nnc(C2COc3ccccc3O2)n1C. The number of hydrogen-bond acceptors (Lipinski definition) is 6. The lowest BCUT2D eigenvalue weighted by molar-refractivity contribution is -0.118. The molecule has 122 valence electrons. The van der Waals surface area contributed by atoms with Gasteiger partial charge in [0.1, 0.15) is 6.61 Å². The quantitative estimate of drug-likeness (QED) is 0.836. The molecule has 0 spiro atoms. The van der Waals surface area contributed by atoms with Crippen LogP contribution >= 0.6 is 11.8 Å². The average Bonchev–Trinajstić information content (AvgIpc) is 2.93. The molecule has 23 heavy (non-hydrogen) atoms. The van der Waals surface area contributed by atoms with Gasteiger partial charge < -0.3 is 19.4 Å². The maximum absolute atomic E-state index is 11.5. The molecule has 0 aliphatic carbocycles. The number of nitrogens with zero attached hydrogens (tertiary/aromatic N) is 3. The van der Waals surface area contributed by atoms with Crippen LogP contribution in [0.15, 0.2) is 29.4 Å². The number of fused-ring (bicyclic) bond motifs is 1. The van der Waals surface area contributed by atoms with Gasteiger partial charge in [-0.3, -0.25) is 4.79 Å². The molecule has 8 heteroatoms. The topological polar surface area (TPSA) is 78.3 Å². The summed E-state index contributed by atoms with van der Waals surface area (Å²) in [5, 5.41) is 11.8. The van der Waals surface area contributed by atoms with E-state index in [0.29, 0.717) is 35.6 Å². The van der Waals surface area contributed by atoms with E-state index >= 15 is 0 Å².